The highest BCUT2D eigenvalue weighted by molar-refractivity contribution is 7.89. The van der Waals surface area contributed by atoms with Crippen molar-refractivity contribution in [2.75, 3.05) is 19.6 Å². The summed E-state index contributed by atoms with van der Waals surface area (Å²) in [7, 11) is -3.71. The van der Waals surface area contributed by atoms with E-state index in [-0.39, 0.29) is 17.3 Å². The Kier molecular flexibility index (Phi) is 6.87. The first-order valence-corrected chi connectivity index (χ1v) is 10.2. The second-order valence-corrected chi connectivity index (χ2v) is 7.45. The summed E-state index contributed by atoms with van der Waals surface area (Å²) in [5.41, 5.74) is 0.363. The van der Waals surface area contributed by atoms with Gasteiger partial charge in [0.25, 0.3) is 5.91 Å². The zero-order valence-electron chi connectivity index (χ0n) is 15.3. The third kappa shape index (κ3) is 4.67. The van der Waals surface area contributed by atoms with Crippen molar-refractivity contribution in [1.29, 1.82) is 0 Å². The van der Waals surface area contributed by atoms with Gasteiger partial charge < -0.3 is 9.47 Å². The first-order valence-electron chi connectivity index (χ1n) is 8.68. The van der Waals surface area contributed by atoms with Crippen LogP contribution in [0.2, 0.25) is 0 Å². The second kappa shape index (κ2) is 8.91. The number of nitrogens with one attached hydrogen (secondary N) is 1. The molecule has 0 bridgehead atoms. The van der Waals surface area contributed by atoms with Gasteiger partial charge in [-0.3, -0.25) is 4.79 Å². The molecule has 2 aromatic rings. The summed E-state index contributed by atoms with van der Waals surface area (Å²) >= 11 is 0. The second-order valence-electron chi connectivity index (χ2n) is 5.69. The Morgan fingerprint density at radius 2 is 1.96 bits per heavy atom. The van der Waals surface area contributed by atoms with Crippen LogP contribution in [0.1, 0.15) is 37.0 Å². The largest absolute Gasteiger partial charge is 0.339 e. The molecule has 142 valence electrons. The van der Waals surface area contributed by atoms with E-state index in [0.29, 0.717) is 25.1 Å². The number of carbonyl (C=O) groups excluding carboxylic acids is 1. The fourth-order valence-electron chi connectivity index (χ4n) is 2.61. The number of aryl methyl sites for hydroxylation is 1. The van der Waals surface area contributed by atoms with Crippen molar-refractivity contribution in [2.45, 2.75) is 38.6 Å². The van der Waals surface area contributed by atoms with Gasteiger partial charge in [0.15, 0.2) is 0 Å². The van der Waals surface area contributed by atoms with Crippen molar-refractivity contribution in [1.82, 2.24) is 24.4 Å². The molecule has 2 rings (SSSR count). The molecule has 26 heavy (non-hydrogen) atoms. The van der Waals surface area contributed by atoms with Gasteiger partial charge in [-0.05, 0) is 39.0 Å². The number of hydrogen-bond donors (Lipinski definition) is 1. The van der Waals surface area contributed by atoms with Gasteiger partial charge >= 0.3 is 0 Å². The van der Waals surface area contributed by atoms with E-state index in [1.807, 2.05) is 25.3 Å². The Hall–Kier alpha value is -2.26. The van der Waals surface area contributed by atoms with E-state index in [9.17, 15) is 13.2 Å². The van der Waals surface area contributed by atoms with Gasteiger partial charge in [0.1, 0.15) is 12.2 Å². The molecule has 0 spiro atoms. The van der Waals surface area contributed by atoms with Crippen molar-refractivity contribution < 1.29 is 13.2 Å². The Bertz CT molecular complexity index is 844. The molecule has 1 heterocycles. The smallest absolute Gasteiger partial charge is 0.253 e. The molecular formula is C17H25N5O3S. The molecule has 1 aromatic carbocycles. The van der Waals surface area contributed by atoms with Crippen LogP contribution in [0.4, 0.5) is 0 Å². The molecule has 0 atom stereocenters. The van der Waals surface area contributed by atoms with Crippen molar-refractivity contribution in [2.24, 2.45) is 0 Å². The molecule has 0 aliphatic heterocycles. The lowest BCUT2D eigenvalue weighted by molar-refractivity contribution is 0.0772. The van der Waals surface area contributed by atoms with Crippen molar-refractivity contribution in [3.8, 4) is 0 Å². The molecule has 8 nitrogen and oxygen atoms in total. The van der Waals surface area contributed by atoms with E-state index in [1.54, 1.807) is 23.4 Å². The number of rotatable bonds is 9. The Morgan fingerprint density at radius 1 is 1.23 bits per heavy atom. The molecule has 0 unspecified atom stereocenters. The first-order chi connectivity index (χ1) is 12.4. The number of benzene rings is 1. The van der Waals surface area contributed by atoms with Crippen LogP contribution in [0.3, 0.4) is 0 Å². The highest BCUT2D eigenvalue weighted by Gasteiger charge is 2.18. The summed E-state index contributed by atoms with van der Waals surface area (Å²) in [5.74, 6) is 0.545. The summed E-state index contributed by atoms with van der Waals surface area (Å²) in [5, 5.41) is 7.81. The molecule has 0 saturated carbocycles. The van der Waals surface area contributed by atoms with Crippen molar-refractivity contribution in [3.05, 3.63) is 42.0 Å². The minimum atomic E-state index is -3.71. The van der Waals surface area contributed by atoms with Crippen LogP contribution in [0.15, 0.2) is 35.5 Å². The van der Waals surface area contributed by atoms with E-state index in [1.165, 1.54) is 12.1 Å². The van der Waals surface area contributed by atoms with E-state index in [0.717, 1.165) is 12.4 Å². The first kappa shape index (κ1) is 20.1. The van der Waals surface area contributed by atoms with Crippen LogP contribution in [-0.2, 0) is 23.0 Å². The minimum absolute atomic E-state index is 0.0764. The van der Waals surface area contributed by atoms with Gasteiger partial charge in [0, 0.05) is 38.2 Å². The summed E-state index contributed by atoms with van der Waals surface area (Å²) in [6, 6.07) is 6.11. The lowest BCUT2D eigenvalue weighted by atomic mass is 10.2. The van der Waals surface area contributed by atoms with Crippen LogP contribution >= 0.6 is 0 Å². The van der Waals surface area contributed by atoms with Crippen LogP contribution in [-0.4, -0.2) is 53.6 Å². The predicted octanol–water partition coefficient (Wildman–Crippen LogP) is 1.30. The molecule has 0 saturated heterocycles. The highest BCUT2D eigenvalue weighted by Crippen LogP contribution is 2.13. The standard InChI is InChI=1S/C17H25N5O3S/c1-4-21(5-2)17(23)14-8-7-9-15(12-14)26(24,25)19-11-10-16-20-18-13-22(16)6-3/h7-9,12-13,19H,4-6,10-11H2,1-3H3. The molecule has 0 radical (unpaired) electrons. The van der Waals surface area contributed by atoms with E-state index in [2.05, 4.69) is 14.9 Å². The van der Waals surface area contributed by atoms with Crippen LogP contribution in [0, 0.1) is 0 Å². The average Bonchev–Trinajstić information content (AvgIpc) is 3.10. The normalized spacial score (nSPS) is 11.5. The van der Waals surface area contributed by atoms with Gasteiger partial charge in [0.05, 0.1) is 4.90 Å². The zero-order chi connectivity index (χ0) is 19.2. The summed E-state index contributed by atoms with van der Waals surface area (Å²) < 4.78 is 29.5. The monoisotopic (exact) mass is 379 g/mol. The highest BCUT2D eigenvalue weighted by atomic mass is 32.2. The number of nitrogens with zero attached hydrogens (tertiary/aromatic N) is 4. The Morgan fingerprint density at radius 3 is 2.62 bits per heavy atom. The molecule has 1 N–H and O–H groups in total. The quantitative estimate of drug-likeness (QED) is 0.708. The van der Waals surface area contributed by atoms with Gasteiger partial charge in [-0.1, -0.05) is 6.07 Å². The molecule has 0 aliphatic rings. The van der Waals surface area contributed by atoms with Gasteiger partial charge in [-0.2, -0.15) is 0 Å². The summed E-state index contributed by atoms with van der Waals surface area (Å²) in [6.07, 6.45) is 2.05. The van der Waals surface area contributed by atoms with Crippen LogP contribution in [0.25, 0.3) is 0 Å². The van der Waals surface area contributed by atoms with Crippen LogP contribution < -0.4 is 4.72 Å². The van der Waals surface area contributed by atoms with E-state index >= 15 is 0 Å². The molecular weight excluding hydrogens is 354 g/mol. The molecule has 9 heteroatoms. The van der Waals surface area contributed by atoms with Crippen LogP contribution in [0.5, 0.6) is 0 Å². The summed E-state index contributed by atoms with van der Waals surface area (Å²) in [6.45, 7) is 7.82. The fourth-order valence-corrected chi connectivity index (χ4v) is 3.68. The third-order valence-electron chi connectivity index (χ3n) is 4.12. The van der Waals surface area contributed by atoms with Crippen molar-refractivity contribution >= 4 is 15.9 Å². The Balaban J connectivity index is 2.09. The lowest BCUT2D eigenvalue weighted by Crippen LogP contribution is -2.31. The van der Waals surface area contributed by atoms with Gasteiger partial charge in [0.2, 0.25) is 10.0 Å². The average molecular weight is 379 g/mol. The molecule has 0 aliphatic carbocycles. The maximum absolute atomic E-state index is 12.5. The number of amides is 1. The number of aromatic nitrogens is 3. The maximum Gasteiger partial charge on any atom is 0.253 e. The lowest BCUT2D eigenvalue weighted by Gasteiger charge is -2.19. The van der Waals surface area contributed by atoms with Gasteiger partial charge in [-0.15, -0.1) is 10.2 Å². The minimum Gasteiger partial charge on any atom is -0.339 e. The third-order valence-corrected chi connectivity index (χ3v) is 5.58. The number of carbonyl (C=O) groups is 1. The van der Waals surface area contributed by atoms with E-state index in [4.69, 9.17) is 0 Å². The maximum atomic E-state index is 12.5. The Labute approximate surface area is 154 Å². The van der Waals surface area contributed by atoms with Gasteiger partial charge in [-0.25, -0.2) is 13.1 Å². The molecule has 1 aromatic heterocycles. The molecule has 0 fully saturated rings. The molecule has 1 amide bonds. The number of sulfonamides is 1. The topological polar surface area (TPSA) is 97.2 Å². The predicted molar refractivity (Wildman–Crippen MR) is 98.3 cm³/mol. The van der Waals surface area contributed by atoms with E-state index < -0.39 is 10.0 Å². The van der Waals surface area contributed by atoms with Crippen molar-refractivity contribution in [3.63, 3.8) is 0 Å². The SMILES string of the molecule is CCN(CC)C(=O)c1cccc(S(=O)(=O)NCCc2nncn2CC)c1. The summed E-state index contributed by atoms with van der Waals surface area (Å²) in [4.78, 5) is 14.1. The zero-order valence-corrected chi connectivity index (χ0v) is 16.2. The fraction of sp³-hybridized carbons (Fsp3) is 0.471. The number of hydrogen-bond acceptors (Lipinski definition) is 5.